The van der Waals surface area contributed by atoms with Gasteiger partial charge in [-0.2, -0.15) is 13.2 Å². The normalized spacial score (nSPS) is 22.5. The number of benzene rings is 2. The molecule has 1 aliphatic carbocycles. The molecule has 0 aliphatic heterocycles. The first kappa shape index (κ1) is 22.7. The topological polar surface area (TPSA) is 54.4 Å². The average Bonchev–Trinajstić information content (AvgIpc) is 2.69. The largest absolute Gasteiger partial charge is 0.495 e. The molecule has 0 saturated carbocycles. The Hall–Kier alpha value is -2.51. The van der Waals surface area contributed by atoms with Gasteiger partial charge in [-0.05, 0) is 54.7 Å². The Morgan fingerprint density at radius 3 is 2.53 bits per heavy atom. The smallest absolute Gasteiger partial charge is 0.419 e. The van der Waals surface area contributed by atoms with Gasteiger partial charge >= 0.3 is 6.18 Å². The summed E-state index contributed by atoms with van der Waals surface area (Å²) in [6, 6.07) is 10.4. The molecule has 0 fully saturated rings. The second-order valence-electron chi connectivity index (χ2n) is 8.93. The number of aryl methyl sites for hydroxylation is 1. The predicted molar refractivity (Wildman–Crippen MR) is 119 cm³/mol. The molecule has 2 unspecified atom stereocenters. The lowest BCUT2D eigenvalue weighted by molar-refractivity contribution is -0.275. The summed E-state index contributed by atoms with van der Waals surface area (Å²) < 4.78 is 48.6. The van der Waals surface area contributed by atoms with Crippen LogP contribution < -0.4 is 10.1 Å². The molecule has 1 heterocycles. The monoisotopic (exact) mass is 464 g/mol. The van der Waals surface area contributed by atoms with Gasteiger partial charge in [0.1, 0.15) is 5.75 Å². The fourth-order valence-electron chi connectivity index (χ4n) is 4.83. The first-order valence-corrected chi connectivity index (χ1v) is 10.6. The van der Waals surface area contributed by atoms with Crippen molar-refractivity contribution >= 4 is 28.2 Å². The van der Waals surface area contributed by atoms with Crippen molar-refractivity contribution in [3.63, 3.8) is 0 Å². The predicted octanol–water partition coefficient (Wildman–Crippen LogP) is 6.33. The number of nitrogens with zero attached hydrogens (tertiary/aromatic N) is 1. The first-order valence-electron chi connectivity index (χ1n) is 10.2. The van der Waals surface area contributed by atoms with Crippen molar-refractivity contribution in [3.05, 3.63) is 64.3 Å². The molecule has 3 aromatic rings. The van der Waals surface area contributed by atoms with Gasteiger partial charge in [0.2, 0.25) is 0 Å². The maximum atomic E-state index is 14.4. The third-order valence-electron chi connectivity index (χ3n) is 6.18. The van der Waals surface area contributed by atoms with Gasteiger partial charge in [0.05, 0.1) is 23.7 Å². The third-order valence-corrected chi connectivity index (χ3v) is 6.48. The quantitative estimate of drug-likeness (QED) is 0.475. The molecule has 0 bridgehead atoms. The molecule has 0 saturated heterocycles. The summed E-state index contributed by atoms with van der Waals surface area (Å²) in [7, 11) is 1.43. The number of aliphatic hydroxyl groups is 1. The number of alkyl halides is 3. The molecule has 32 heavy (non-hydrogen) atoms. The Labute approximate surface area is 189 Å². The number of hydrogen-bond acceptors (Lipinski definition) is 4. The molecule has 8 heteroatoms. The van der Waals surface area contributed by atoms with Crippen molar-refractivity contribution in [1.29, 1.82) is 0 Å². The van der Waals surface area contributed by atoms with Crippen LogP contribution in [0.3, 0.4) is 0 Å². The van der Waals surface area contributed by atoms with E-state index >= 15 is 0 Å². The molecule has 4 nitrogen and oxygen atoms in total. The van der Waals surface area contributed by atoms with E-state index in [0.29, 0.717) is 38.5 Å². The van der Waals surface area contributed by atoms with Crippen LogP contribution in [0.5, 0.6) is 5.75 Å². The number of ether oxygens (including phenoxy) is 1. The van der Waals surface area contributed by atoms with Gasteiger partial charge in [-0.1, -0.05) is 37.6 Å². The number of halogens is 4. The van der Waals surface area contributed by atoms with Crippen LogP contribution in [0.25, 0.3) is 10.9 Å². The molecule has 2 atom stereocenters. The van der Waals surface area contributed by atoms with Crippen LogP contribution in [0, 0.1) is 6.92 Å². The molecule has 0 spiro atoms. The SMILES string of the molecule is COc1c(Cl)ccc2c1C(C)(C)CC(O)(C(F)(F)F)C2Nc1cccc2nc(C)ccc12. The van der Waals surface area contributed by atoms with Gasteiger partial charge < -0.3 is 15.2 Å². The first-order chi connectivity index (χ1) is 14.9. The van der Waals surface area contributed by atoms with Crippen LogP contribution >= 0.6 is 11.6 Å². The van der Waals surface area contributed by atoms with E-state index < -0.39 is 29.7 Å². The molecule has 0 radical (unpaired) electrons. The van der Waals surface area contributed by atoms with Gasteiger partial charge in [0.15, 0.2) is 5.60 Å². The minimum atomic E-state index is -4.88. The fraction of sp³-hybridized carbons (Fsp3) is 0.375. The maximum absolute atomic E-state index is 14.4. The molecular formula is C24H24ClF3N2O2. The maximum Gasteiger partial charge on any atom is 0.419 e. The van der Waals surface area contributed by atoms with Gasteiger partial charge in [-0.15, -0.1) is 0 Å². The van der Waals surface area contributed by atoms with E-state index in [1.165, 1.54) is 19.2 Å². The van der Waals surface area contributed by atoms with Crippen LogP contribution in [0.1, 0.15) is 43.1 Å². The number of hydrogen-bond donors (Lipinski definition) is 2. The van der Waals surface area contributed by atoms with Gasteiger partial charge in [-0.3, -0.25) is 4.98 Å². The average molecular weight is 465 g/mol. The van der Waals surface area contributed by atoms with Crippen LogP contribution in [-0.2, 0) is 5.41 Å². The molecule has 1 aliphatic rings. The van der Waals surface area contributed by atoms with E-state index in [-0.39, 0.29) is 0 Å². The molecule has 0 amide bonds. The zero-order valence-corrected chi connectivity index (χ0v) is 18.9. The number of pyridine rings is 1. The highest BCUT2D eigenvalue weighted by Crippen LogP contribution is 2.57. The summed E-state index contributed by atoms with van der Waals surface area (Å²) in [6.45, 7) is 5.15. The van der Waals surface area contributed by atoms with Crippen LogP contribution in [0.4, 0.5) is 18.9 Å². The minimum Gasteiger partial charge on any atom is -0.495 e. The number of nitrogens with one attached hydrogen (secondary N) is 1. The van der Waals surface area contributed by atoms with Crippen molar-refractivity contribution < 1.29 is 23.0 Å². The van der Waals surface area contributed by atoms with Crippen LogP contribution in [0.2, 0.25) is 5.02 Å². The van der Waals surface area contributed by atoms with Crippen molar-refractivity contribution in [1.82, 2.24) is 4.98 Å². The van der Waals surface area contributed by atoms with Crippen molar-refractivity contribution in [3.8, 4) is 5.75 Å². The Morgan fingerprint density at radius 1 is 1.16 bits per heavy atom. The number of rotatable bonds is 3. The van der Waals surface area contributed by atoms with E-state index in [9.17, 15) is 18.3 Å². The Morgan fingerprint density at radius 2 is 1.88 bits per heavy atom. The summed E-state index contributed by atoms with van der Waals surface area (Å²) in [4.78, 5) is 4.46. The zero-order valence-electron chi connectivity index (χ0n) is 18.1. The van der Waals surface area contributed by atoms with E-state index in [0.717, 1.165) is 5.69 Å². The molecular weight excluding hydrogens is 441 g/mol. The van der Waals surface area contributed by atoms with E-state index in [2.05, 4.69) is 10.3 Å². The van der Waals surface area contributed by atoms with E-state index in [1.807, 2.05) is 13.0 Å². The standard InChI is InChI=1S/C24H24ClF3N2O2/c1-13-8-9-14-17(29-13)6-5-7-18(14)30-21-15-10-11-16(25)20(32-4)19(15)22(2,3)12-23(21,31)24(26,27)28/h5-11,21,30-31H,12H2,1-4H3. The van der Waals surface area contributed by atoms with Gasteiger partial charge in [-0.25, -0.2) is 0 Å². The number of anilines is 1. The fourth-order valence-corrected chi connectivity index (χ4v) is 5.07. The summed E-state index contributed by atoms with van der Waals surface area (Å²) in [5.41, 5.74) is -1.34. The summed E-state index contributed by atoms with van der Waals surface area (Å²) >= 11 is 6.31. The van der Waals surface area contributed by atoms with Crippen LogP contribution in [-0.4, -0.2) is 29.0 Å². The Balaban J connectivity index is 1.97. The zero-order chi connectivity index (χ0) is 23.5. The Kier molecular flexibility index (Phi) is 5.33. The Bertz CT molecular complexity index is 1200. The lowest BCUT2D eigenvalue weighted by Gasteiger charge is -2.49. The summed E-state index contributed by atoms with van der Waals surface area (Å²) in [5.74, 6) is 0.320. The second-order valence-corrected chi connectivity index (χ2v) is 9.34. The lowest BCUT2D eigenvalue weighted by Crippen LogP contribution is -2.58. The molecule has 170 valence electrons. The van der Waals surface area contributed by atoms with Crippen molar-refractivity contribution in [2.24, 2.45) is 0 Å². The van der Waals surface area contributed by atoms with Crippen LogP contribution in [0.15, 0.2) is 42.5 Å². The molecule has 2 aromatic carbocycles. The number of fused-ring (bicyclic) bond motifs is 2. The number of methoxy groups -OCH3 is 1. The van der Waals surface area contributed by atoms with Crippen molar-refractivity contribution in [2.75, 3.05) is 12.4 Å². The van der Waals surface area contributed by atoms with Gasteiger partial charge in [0, 0.05) is 22.3 Å². The third kappa shape index (κ3) is 3.48. The number of aromatic nitrogens is 1. The van der Waals surface area contributed by atoms with E-state index in [4.69, 9.17) is 16.3 Å². The minimum absolute atomic E-state index is 0.291. The molecule has 1 aromatic heterocycles. The lowest BCUT2D eigenvalue weighted by atomic mass is 9.63. The summed E-state index contributed by atoms with van der Waals surface area (Å²) in [6.07, 6.45) is -5.45. The summed E-state index contributed by atoms with van der Waals surface area (Å²) in [5, 5.41) is 15.1. The highest BCUT2D eigenvalue weighted by atomic mass is 35.5. The highest BCUT2D eigenvalue weighted by molar-refractivity contribution is 6.32. The van der Waals surface area contributed by atoms with Crippen molar-refractivity contribution in [2.45, 2.75) is 50.4 Å². The second kappa shape index (κ2) is 7.52. The van der Waals surface area contributed by atoms with E-state index in [1.54, 1.807) is 38.1 Å². The highest BCUT2D eigenvalue weighted by Gasteiger charge is 2.64. The molecule has 4 rings (SSSR count). The molecule has 2 N–H and O–H groups in total. The van der Waals surface area contributed by atoms with Gasteiger partial charge in [0.25, 0.3) is 0 Å².